The monoisotopic (exact) mass is 278 g/mol. The summed E-state index contributed by atoms with van der Waals surface area (Å²) in [6.07, 6.45) is 0.792. The summed E-state index contributed by atoms with van der Waals surface area (Å²) in [4.78, 5) is 1.04. The van der Waals surface area contributed by atoms with Crippen LogP contribution in [0.4, 0.5) is 0 Å². The van der Waals surface area contributed by atoms with E-state index in [-0.39, 0.29) is 0 Å². The Hall–Kier alpha value is -2.36. The molecule has 98 valence electrons. The first-order valence-corrected chi connectivity index (χ1v) is 7.15. The van der Waals surface area contributed by atoms with E-state index in [0.29, 0.717) is 12.8 Å². The van der Waals surface area contributed by atoms with Crippen molar-refractivity contribution in [2.24, 2.45) is 5.41 Å². The van der Waals surface area contributed by atoms with Crippen LogP contribution in [0.3, 0.4) is 0 Å². The van der Waals surface area contributed by atoms with Crippen LogP contribution < -0.4 is 0 Å². The van der Waals surface area contributed by atoms with Gasteiger partial charge in [-0.2, -0.15) is 10.5 Å². The Morgan fingerprint density at radius 2 is 1.80 bits per heavy atom. The van der Waals surface area contributed by atoms with E-state index in [0.717, 1.165) is 16.0 Å². The number of hydrogen-bond acceptors (Lipinski definition) is 3. The first-order chi connectivity index (χ1) is 9.69. The summed E-state index contributed by atoms with van der Waals surface area (Å²) in [7, 11) is 0. The van der Waals surface area contributed by atoms with E-state index in [1.54, 1.807) is 11.3 Å². The highest BCUT2D eigenvalue weighted by Gasteiger charge is 2.31. The lowest BCUT2D eigenvalue weighted by Gasteiger charge is -2.19. The van der Waals surface area contributed by atoms with Crippen LogP contribution in [0.1, 0.15) is 16.9 Å². The molecule has 0 aliphatic rings. The summed E-state index contributed by atoms with van der Waals surface area (Å²) in [5.74, 6) is 0. The zero-order valence-corrected chi connectivity index (χ0v) is 11.9. The second-order valence-electron chi connectivity index (χ2n) is 4.73. The van der Waals surface area contributed by atoms with Gasteiger partial charge in [0, 0.05) is 17.7 Å². The van der Waals surface area contributed by atoms with Crippen LogP contribution in [-0.2, 0) is 6.42 Å². The number of rotatable bonds is 5. The summed E-state index contributed by atoms with van der Waals surface area (Å²) in [5, 5.41) is 20.9. The molecule has 1 aromatic heterocycles. The fourth-order valence-corrected chi connectivity index (χ4v) is 2.82. The predicted octanol–water partition coefficient (Wildman–Crippen LogP) is 4.43. The molecule has 0 amide bonds. The summed E-state index contributed by atoms with van der Waals surface area (Å²) in [6, 6.07) is 17.9. The Balaban J connectivity index is 2.21. The average molecular weight is 278 g/mol. The maximum absolute atomic E-state index is 9.47. The highest BCUT2D eigenvalue weighted by Crippen LogP contribution is 2.34. The van der Waals surface area contributed by atoms with Crippen molar-refractivity contribution < 1.29 is 0 Å². The molecule has 0 saturated carbocycles. The van der Waals surface area contributed by atoms with Crippen LogP contribution in [0.2, 0.25) is 0 Å². The number of hydrogen-bond donors (Lipinski definition) is 0. The van der Waals surface area contributed by atoms with E-state index in [4.69, 9.17) is 0 Å². The third-order valence-corrected chi connectivity index (χ3v) is 4.13. The summed E-state index contributed by atoms with van der Waals surface area (Å²) in [5.41, 5.74) is 0.788. The van der Waals surface area contributed by atoms with Crippen LogP contribution in [0.15, 0.2) is 54.4 Å². The highest BCUT2D eigenvalue weighted by molar-refractivity contribution is 7.11. The second-order valence-corrected chi connectivity index (χ2v) is 5.67. The zero-order chi connectivity index (χ0) is 14.4. The van der Waals surface area contributed by atoms with Crippen molar-refractivity contribution in [2.45, 2.75) is 12.8 Å². The fraction of sp³-hybridized carbons (Fsp3) is 0.176. The normalized spacial score (nSPS) is 10.5. The molecule has 0 fully saturated rings. The van der Waals surface area contributed by atoms with Gasteiger partial charge in [0.15, 0.2) is 5.41 Å². The van der Waals surface area contributed by atoms with Crippen molar-refractivity contribution in [3.63, 3.8) is 0 Å². The molecule has 0 radical (unpaired) electrons. The van der Waals surface area contributed by atoms with E-state index in [1.807, 2.05) is 47.8 Å². The maximum atomic E-state index is 9.47. The second kappa shape index (κ2) is 6.19. The molecule has 20 heavy (non-hydrogen) atoms. The first kappa shape index (κ1) is 14.1. The minimum absolute atomic E-state index is 0.370. The molecule has 0 atom stereocenters. The van der Waals surface area contributed by atoms with Crippen LogP contribution in [0, 0.1) is 28.1 Å². The Morgan fingerprint density at radius 3 is 2.35 bits per heavy atom. The molecule has 3 heteroatoms. The molecule has 2 rings (SSSR count). The van der Waals surface area contributed by atoms with Gasteiger partial charge in [0.1, 0.15) is 0 Å². The molecule has 0 spiro atoms. The molecule has 0 N–H and O–H groups in total. The van der Waals surface area contributed by atoms with Gasteiger partial charge in [0.05, 0.1) is 12.1 Å². The van der Waals surface area contributed by atoms with Gasteiger partial charge in [-0.25, -0.2) is 0 Å². The van der Waals surface area contributed by atoms with Crippen molar-refractivity contribution in [1.29, 1.82) is 10.5 Å². The van der Waals surface area contributed by atoms with Gasteiger partial charge in [0.2, 0.25) is 0 Å². The molecular weight excluding hydrogens is 264 g/mol. The largest absolute Gasteiger partial charge is 0.197 e. The van der Waals surface area contributed by atoms with Crippen molar-refractivity contribution in [3.05, 3.63) is 64.9 Å². The van der Waals surface area contributed by atoms with Crippen molar-refractivity contribution >= 4 is 16.9 Å². The van der Waals surface area contributed by atoms with Gasteiger partial charge in [-0.15, -0.1) is 11.3 Å². The minimum Gasteiger partial charge on any atom is -0.197 e. The topological polar surface area (TPSA) is 47.6 Å². The van der Waals surface area contributed by atoms with Gasteiger partial charge < -0.3 is 0 Å². The molecule has 0 unspecified atom stereocenters. The molecule has 2 nitrogen and oxygen atoms in total. The lowest BCUT2D eigenvalue weighted by Crippen LogP contribution is -2.20. The third-order valence-electron chi connectivity index (χ3n) is 3.16. The quantitative estimate of drug-likeness (QED) is 0.812. The molecule has 2 aromatic rings. The predicted molar refractivity (Wildman–Crippen MR) is 81.8 cm³/mol. The SMILES string of the molecule is C=C(CC(C#N)(C#N)Cc1ccccc1)c1cccs1. The summed E-state index contributed by atoms with van der Waals surface area (Å²) >= 11 is 1.58. The van der Waals surface area contributed by atoms with Crippen molar-refractivity contribution in [3.8, 4) is 12.1 Å². The average Bonchev–Trinajstić information content (AvgIpc) is 3.02. The summed E-state index contributed by atoms with van der Waals surface area (Å²) in [6.45, 7) is 4.03. The number of allylic oxidation sites excluding steroid dienone is 1. The van der Waals surface area contributed by atoms with E-state index < -0.39 is 5.41 Å². The van der Waals surface area contributed by atoms with Gasteiger partial charge in [0.25, 0.3) is 0 Å². The molecule has 1 heterocycles. The van der Waals surface area contributed by atoms with E-state index in [2.05, 4.69) is 18.7 Å². The zero-order valence-electron chi connectivity index (χ0n) is 11.0. The first-order valence-electron chi connectivity index (χ1n) is 6.27. The lowest BCUT2D eigenvalue weighted by molar-refractivity contribution is 0.534. The Bertz CT molecular complexity index is 643. The molecule has 1 aromatic carbocycles. The Kier molecular flexibility index (Phi) is 4.35. The number of benzene rings is 1. The van der Waals surface area contributed by atoms with Crippen LogP contribution in [0.25, 0.3) is 5.57 Å². The van der Waals surface area contributed by atoms with E-state index >= 15 is 0 Å². The van der Waals surface area contributed by atoms with Crippen molar-refractivity contribution in [2.75, 3.05) is 0 Å². The minimum atomic E-state index is -1.05. The lowest BCUT2D eigenvalue weighted by atomic mass is 9.79. The van der Waals surface area contributed by atoms with Gasteiger partial charge in [-0.3, -0.25) is 0 Å². The summed E-state index contributed by atoms with van der Waals surface area (Å²) < 4.78 is 0. The Labute approximate surface area is 123 Å². The Morgan fingerprint density at radius 1 is 1.10 bits per heavy atom. The number of thiophene rings is 1. The fourth-order valence-electron chi connectivity index (χ4n) is 2.12. The third kappa shape index (κ3) is 3.15. The standard InChI is InChI=1S/C17H14N2S/c1-14(16-8-5-9-20-16)10-17(12-18,13-19)11-15-6-3-2-4-7-15/h2-9H,1,10-11H2. The maximum Gasteiger partial charge on any atom is 0.151 e. The molecule has 0 aliphatic carbocycles. The van der Waals surface area contributed by atoms with E-state index in [9.17, 15) is 10.5 Å². The van der Waals surface area contributed by atoms with Crippen LogP contribution in [0.5, 0.6) is 0 Å². The van der Waals surface area contributed by atoms with Crippen LogP contribution >= 0.6 is 11.3 Å². The van der Waals surface area contributed by atoms with Crippen LogP contribution in [-0.4, -0.2) is 0 Å². The van der Waals surface area contributed by atoms with Gasteiger partial charge in [-0.1, -0.05) is 43.0 Å². The number of nitrogens with zero attached hydrogens (tertiary/aromatic N) is 2. The van der Waals surface area contributed by atoms with Crippen molar-refractivity contribution in [1.82, 2.24) is 0 Å². The number of nitriles is 2. The van der Waals surface area contributed by atoms with E-state index in [1.165, 1.54) is 0 Å². The molecule has 0 aliphatic heterocycles. The molecule has 0 saturated heterocycles. The smallest absolute Gasteiger partial charge is 0.151 e. The molecular formula is C17H14N2S. The van der Waals surface area contributed by atoms with Gasteiger partial charge in [-0.05, 0) is 22.6 Å². The molecule has 0 bridgehead atoms. The van der Waals surface area contributed by atoms with Gasteiger partial charge >= 0.3 is 0 Å². The highest BCUT2D eigenvalue weighted by atomic mass is 32.1.